The quantitative estimate of drug-likeness (QED) is 0.153. The molecule has 3 saturated heterocycles. The zero-order chi connectivity index (χ0) is 45.7. The standard InChI is InChI=1S/C45H67FN6O9S/c1-12-34-45(9,56)32-18-17-29(51-58-23-30-24-62-41(48-30)33-15-14-16-35(47)49-33)22-57-43(7,21-25(3)38(27(32)5)50-36(53)13-2)40(28(6)39(54)44(8,46)42(55)60-34)61-37-20-31(52(10)11)19-26(4)59-37/h14-16,24-28,31-32,34,37,40,56H,12-13,17-23H2,1-11H3,(H2,47,49)/b50-38?,51-29+/t25-,26-,27-,28+,31+,32-,34-,37+,40-,43-,44+,45+/m1/s1. The molecule has 1 amide bonds. The number of aliphatic hydroxyl groups is 1. The highest BCUT2D eigenvalue weighted by molar-refractivity contribution is 7.13. The molecule has 0 aromatic carbocycles. The molecule has 12 atom stereocenters. The molecule has 0 spiro atoms. The molecule has 0 saturated carbocycles. The van der Waals surface area contributed by atoms with Crippen molar-refractivity contribution in [1.82, 2.24) is 14.9 Å². The predicted molar refractivity (Wildman–Crippen MR) is 235 cm³/mol. The van der Waals surface area contributed by atoms with Gasteiger partial charge in [-0.05, 0) is 97.9 Å². The van der Waals surface area contributed by atoms with E-state index in [2.05, 4.69) is 25.0 Å². The number of carbonyl (C=O) groups is 3. The van der Waals surface area contributed by atoms with Crippen LogP contribution in [0.2, 0.25) is 0 Å². The van der Waals surface area contributed by atoms with E-state index in [4.69, 9.17) is 29.5 Å². The topological polar surface area (TPSA) is 197 Å². The number of rotatable bonds is 9. The number of anilines is 1. The van der Waals surface area contributed by atoms with E-state index in [1.54, 1.807) is 33.8 Å². The van der Waals surface area contributed by atoms with Crippen LogP contribution in [-0.2, 0) is 44.8 Å². The van der Waals surface area contributed by atoms with Crippen LogP contribution in [0.25, 0.3) is 10.7 Å². The average Bonchev–Trinajstić information content (AvgIpc) is 3.69. The molecule has 0 radical (unpaired) electrons. The van der Waals surface area contributed by atoms with E-state index >= 15 is 4.39 Å². The highest BCUT2D eigenvalue weighted by atomic mass is 32.1. The van der Waals surface area contributed by atoms with Gasteiger partial charge in [0.1, 0.15) is 28.2 Å². The lowest BCUT2D eigenvalue weighted by atomic mass is 9.68. The van der Waals surface area contributed by atoms with Gasteiger partial charge in [-0.15, -0.1) is 11.3 Å². The third kappa shape index (κ3) is 11.3. The first-order valence-corrected chi connectivity index (χ1v) is 22.7. The molecule has 3 N–H and O–H groups in total. The van der Waals surface area contributed by atoms with Crippen molar-refractivity contribution in [3.63, 3.8) is 0 Å². The summed E-state index contributed by atoms with van der Waals surface area (Å²) in [4.78, 5) is 63.4. The number of halogens is 1. The third-order valence-electron chi connectivity index (χ3n) is 12.9. The number of fused-ring (bicyclic) bond motifs is 5. The summed E-state index contributed by atoms with van der Waals surface area (Å²) in [5.74, 6) is -5.51. The van der Waals surface area contributed by atoms with E-state index in [-0.39, 0.29) is 63.4 Å². The first kappa shape index (κ1) is 49.3. The summed E-state index contributed by atoms with van der Waals surface area (Å²) in [5.41, 5.74) is 1.81. The van der Waals surface area contributed by atoms with Crippen molar-refractivity contribution in [3.05, 3.63) is 29.3 Å². The first-order chi connectivity index (χ1) is 29.1. The van der Waals surface area contributed by atoms with Gasteiger partial charge in [0, 0.05) is 41.8 Å². The van der Waals surface area contributed by atoms with Gasteiger partial charge in [0.15, 0.2) is 18.7 Å². The number of hydrogen-bond acceptors (Lipinski definition) is 15. The highest BCUT2D eigenvalue weighted by Gasteiger charge is 2.56. The summed E-state index contributed by atoms with van der Waals surface area (Å²) in [6.07, 6.45) is -1.40. The lowest BCUT2D eigenvalue weighted by molar-refractivity contribution is -0.264. The van der Waals surface area contributed by atoms with Crippen LogP contribution in [0.4, 0.5) is 10.2 Å². The Balaban J connectivity index is 1.65. The number of cyclic esters (lactones) is 1. The monoisotopic (exact) mass is 886 g/mol. The minimum atomic E-state index is -3.12. The number of carbonyl (C=O) groups excluding carboxylic acids is 3. The molecular formula is C45H67FN6O9S. The van der Waals surface area contributed by atoms with Gasteiger partial charge in [-0.1, -0.05) is 45.8 Å². The number of nitrogen functional groups attached to an aromatic ring is 1. The Morgan fingerprint density at radius 3 is 2.48 bits per heavy atom. The number of amides is 1. The van der Waals surface area contributed by atoms with Crippen molar-refractivity contribution < 1.29 is 47.7 Å². The summed E-state index contributed by atoms with van der Waals surface area (Å²) in [6.45, 7) is 14.9. The predicted octanol–water partition coefficient (Wildman–Crippen LogP) is 6.75. The minimum Gasteiger partial charge on any atom is -0.457 e. The lowest BCUT2D eigenvalue weighted by Crippen LogP contribution is -2.59. The van der Waals surface area contributed by atoms with E-state index in [0.29, 0.717) is 40.1 Å². The van der Waals surface area contributed by atoms with Crippen molar-refractivity contribution in [2.45, 2.75) is 161 Å². The number of nitrogens with zero attached hydrogens (tertiary/aromatic N) is 5. The number of pyridine rings is 1. The van der Waals surface area contributed by atoms with Crippen LogP contribution >= 0.6 is 11.3 Å². The van der Waals surface area contributed by atoms with Gasteiger partial charge in [0.05, 0.1) is 35.8 Å². The largest absolute Gasteiger partial charge is 0.457 e. The molecule has 5 heterocycles. The van der Waals surface area contributed by atoms with Crippen molar-refractivity contribution >= 4 is 46.2 Å². The zero-order valence-corrected chi connectivity index (χ0v) is 39.0. The zero-order valence-electron chi connectivity index (χ0n) is 38.2. The van der Waals surface area contributed by atoms with E-state index in [0.717, 1.165) is 13.3 Å². The van der Waals surface area contributed by atoms with Gasteiger partial charge in [-0.3, -0.25) is 9.59 Å². The average molecular weight is 887 g/mol. The number of ether oxygens (including phenoxy) is 4. The van der Waals surface area contributed by atoms with Crippen molar-refractivity contribution in [3.8, 4) is 10.7 Å². The molecule has 2 bridgehead atoms. The molecule has 2 aromatic heterocycles. The van der Waals surface area contributed by atoms with Gasteiger partial charge in [-0.2, -0.15) is 0 Å². The number of aliphatic imine (C=N–C) groups is 1. The fourth-order valence-corrected chi connectivity index (χ4v) is 10.1. The molecule has 344 valence electrons. The molecule has 3 fully saturated rings. The maximum Gasteiger partial charge on any atom is 0.351 e. The SMILES string of the molecule is CCC(=O)N=C1[C@H](C)C[C@@]2(C)OC/C(=N/OCc3csc(-c4cccc(N)n4)n3)CC[C@H]([C@H]1C)[C@](C)(O)[C@@H](CC)OC(=O)[C@@](C)(F)C(=O)[C@H](C)[C@H]2O[C@H]1C[C@@H](N(C)C)C[C@@H](C)O1. The summed E-state index contributed by atoms with van der Waals surface area (Å²) < 4.78 is 42.9. The van der Waals surface area contributed by atoms with Crippen LogP contribution in [0.15, 0.2) is 33.7 Å². The Labute approximate surface area is 369 Å². The van der Waals surface area contributed by atoms with Crippen LogP contribution in [0.3, 0.4) is 0 Å². The van der Waals surface area contributed by atoms with Gasteiger partial charge < -0.3 is 39.5 Å². The number of nitrogens with two attached hydrogens (primary N) is 1. The van der Waals surface area contributed by atoms with Crippen LogP contribution in [0, 0.1) is 23.7 Å². The number of ketones is 1. The number of esters is 1. The van der Waals surface area contributed by atoms with Gasteiger partial charge in [0.25, 0.3) is 5.67 Å². The molecular weight excluding hydrogens is 820 g/mol. The van der Waals surface area contributed by atoms with E-state index in [1.807, 2.05) is 52.4 Å². The van der Waals surface area contributed by atoms with Crippen LogP contribution in [0.1, 0.15) is 113 Å². The summed E-state index contributed by atoms with van der Waals surface area (Å²) >= 11 is 1.39. The number of hydrogen-bond donors (Lipinski definition) is 2. The normalized spacial score (nSPS) is 36.8. The second-order valence-corrected chi connectivity index (χ2v) is 19.0. The van der Waals surface area contributed by atoms with E-state index in [1.165, 1.54) is 18.3 Å². The number of aromatic nitrogens is 2. The molecule has 3 aliphatic rings. The molecule has 17 heteroatoms. The van der Waals surface area contributed by atoms with E-state index in [9.17, 15) is 19.5 Å². The van der Waals surface area contributed by atoms with Gasteiger partial charge >= 0.3 is 5.97 Å². The molecule has 15 nitrogen and oxygen atoms in total. The van der Waals surface area contributed by atoms with Crippen molar-refractivity contribution in [1.29, 1.82) is 0 Å². The van der Waals surface area contributed by atoms with Crippen molar-refractivity contribution in [2.75, 3.05) is 26.4 Å². The van der Waals surface area contributed by atoms with Crippen LogP contribution < -0.4 is 5.73 Å². The first-order valence-electron chi connectivity index (χ1n) is 21.8. The highest BCUT2D eigenvalue weighted by Crippen LogP contribution is 2.43. The second kappa shape index (κ2) is 20.4. The molecule has 2 aromatic rings. The Morgan fingerprint density at radius 1 is 1.10 bits per heavy atom. The summed E-state index contributed by atoms with van der Waals surface area (Å²) in [5, 5.41) is 19.7. The second-order valence-electron chi connectivity index (χ2n) is 18.2. The molecule has 3 aliphatic heterocycles. The van der Waals surface area contributed by atoms with Crippen molar-refractivity contribution in [2.24, 2.45) is 33.8 Å². The number of alkyl halides is 1. The Morgan fingerprint density at radius 2 is 1.82 bits per heavy atom. The van der Waals surface area contributed by atoms with Crippen LogP contribution in [-0.4, -0.2) is 117 Å². The minimum absolute atomic E-state index is 0.0224. The summed E-state index contributed by atoms with van der Waals surface area (Å²) in [6, 6.07) is 5.41. The fourth-order valence-electron chi connectivity index (χ4n) is 9.37. The molecule has 5 rings (SSSR count). The Bertz CT molecular complexity index is 1960. The van der Waals surface area contributed by atoms with Gasteiger partial charge in [-0.25, -0.2) is 24.1 Å². The van der Waals surface area contributed by atoms with Gasteiger partial charge in [0.2, 0.25) is 5.91 Å². The fraction of sp³-hybridized carbons (Fsp3) is 0.711. The lowest BCUT2D eigenvalue weighted by Gasteiger charge is -2.47. The number of thiazole rings is 1. The number of oxime groups is 1. The smallest absolute Gasteiger partial charge is 0.351 e. The van der Waals surface area contributed by atoms with E-state index < -0.39 is 70.8 Å². The third-order valence-corrected chi connectivity index (χ3v) is 13.8. The Kier molecular flexibility index (Phi) is 16.2. The maximum absolute atomic E-state index is 17.0. The van der Waals surface area contributed by atoms with Crippen LogP contribution in [0.5, 0.6) is 0 Å². The molecule has 0 unspecified atom stereocenters. The molecule has 62 heavy (non-hydrogen) atoms. The summed E-state index contributed by atoms with van der Waals surface area (Å²) in [7, 11) is 3.95. The number of Topliss-reactive ketones (excluding diaryl/α,β-unsaturated/α-hetero) is 1. The molecule has 0 aliphatic carbocycles. The maximum atomic E-state index is 17.0. The Hall–Kier alpha value is -3.74.